The summed E-state index contributed by atoms with van der Waals surface area (Å²) in [6.07, 6.45) is 4.93. The van der Waals surface area contributed by atoms with Crippen molar-refractivity contribution in [2.45, 2.75) is 38.0 Å². The first-order valence-corrected chi connectivity index (χ1v) is 11.2. The van der Waals surface area contributed by atoms with Crippen molar-refractivity contribution in [1.82, 2.24) is 10.2 Å². The van der Waals surface area contributed by atoms with Gasteiger partial charge in [-0.1, -0.05) is 17.8 Å². The number of amides is 1. The molecule has 1 amide bonds. The van der Waals surface area contributed by atoms with Crippen LogP contribution in [-0.4, -0.2) is 56.0 Å². The minimum absolute atomic E-state index is 0.0566. The molecule has 2 aromatic heterocycles. The molecular weight excluding hydrogens is 452 g/mol. The number of aliphatic hydroxyl groups is 1. The monoisotopic (exact) mass is 475 g/mol. The zero-order valence-electron chi connectivity index (χ0n) is 17.5. The van der Waals surface area contributed by atoms with Gasteiger partial charge in [0.25, 0.3) is 5.91 Å². The number of ether oxygens (including phenoxy) is 1. The summed E-state index contributed by atoms with van der Waals surface area (Å²) in [5, 5.41) is 24.0. The van der Waals surface area contributed by atoms with E-state index >= 15 is 0 Å². The fourth-order valence-electron chi connectivity index (χ4n) is 3.32. The number of anilines is 2. The molecule has 1 fully saturated rings. The average Bonchev–Trinajstić information content (AvgIpc) is 3.36. The average molecular weight is 476 g/mol. The van der Waals surface area contributed by atoms with Gasteiger partial charge in [-0.2, -0.15) is 0 Å². The van der Waals surface area contributed by atoms with Gasteiger partial charge >= 0.3 is 5.63 Å². The molecule has 2 heterocycles. The lowest BCUT2D eigenvalue weighted by Gasteiger charge is -2.25. The van der Waals surface area contributed by atoms with Crippen LogP contribution in [0.25, 0.3) is 0 Å². The number of allylic oxidation sites excluding steroid dienone is 1. The van der Waals surface area contributed by atoms with Gasteiger partial charge in [0.2, 0.25) is 16.0 Å². The molecule has 0 aromatic carbocycles. The van der Waals surface area contributed by atoms with Crippen LogP contribution in [0.4, 0.5) is 16.0 Å². The van der Waals surface area contributed by atoms with E-state index < -0.39 is 17.6 Å². The highest BCUT2D eigenvalue weighted by molar-refractivity contribution is 7.18. The van der Waals surface area contributed by atoms with Gasteiger partial charge in [0.05, 0.1) is 29.1 Å². The van der Waals surface area contributed by atoms with E-state index in [9.17, 15) is 14.7 Å². The number of aromatic nitrogens is 2. The van der Waals surface area contributed by atoms with Gasteiger partial charge in [-0.15, -0.1) is 10.2 Å². The molecule has 0 saturated heterocycles. The maximum Gasteiger partial charge on any atom is 0.381 e. The zero-order valence-corrected chi connectivity index (χ0v) is 19.3. The van der Waals surface area contributed by atoms with Gasteiger partial charge in [-0.3, -0.25) is 10.1 Å². The molecule has 3 atom stereocenters. The molecule has 32 heavy (non-hydrogen) atoms. The minimum Gasteiger partial charge on any atom is -0.488 e. The number of nitrogens with one attached hydrogen (secondary N) is 2. The third kappa shape index (κ3) is 5.60. The topological polar surface area (TPSA) is 165 Å². The number of methoxy groups -OCH3 is 1. The molecule has 1 aliphatic carbocycles. The Morgan fingerprint density at radius 3 is 2.94 bits per heavy atom. The van der Waals surface area contributed by atoms with Crippen LogP contribution in [-0.2, 0) is 0 Å². The summed E-state index contributed by atoms with van der Waals surface area (Å²) in [5.74, 6) is -1.07. The summed E-state index contributed by atoms with van der Waals surface area (Å²) in [5.41, 5.74) is 5.04. The summed E-state index contributed by atoms with van der Waals surface area (Å²) >= 11 is 1.04. The highest BCUT2D eigenvalue weighted by atomic mass is 32.1. The molecule has 1 aliphatic rings. The standard InChI is InChI=1S/C19H23N6O5SSi/c1-9(6-7-20)21-18-24-25-19(31-18)23-15(27)13-8-11(14(29-2)17(28)30-13)22-16(32)10-4-3-5-12(10)26/h6-8,10,12,16,22,26H,3-5,20H2,1-2H3,(H,23,25,27)/t10-,12+,16?/m0/s1. The summed E-state index contributed by atoms with van der Waals surface area (Å²) in [4.78, 5) is 29.2. The van der Waals surface area contributed by atoms with E-state index in [0.717, 1.165) is 24.2 Å². The molecule has 2 aromatic rings. The third-order valence-corrected chi connectivity index (χ3v) is 6.16. The van der Waals surface area contributed by atoms with E-state index in [-0.39, 0.29) is 33.9 Å². The molecule has 0 aliphatic heterocycles. The summed E-state index contributed by atoms with van der Waals surface area (Å²) in [6.45, 7) is 1.74. The Labute approximate surface area is 191 Å². The number of hydrogen-bond donors (Lipinski definition) is 4. The Kier molecular flexibility index (Phi) is 7.77. The van der Waals surface area contributed by atoms with Crippen molar-refractivity contribution in [3.05, 3.63) is 34.5 Å². The number of carbonyl (C=O) groups excluding carboxylic acids is 1. The van der Waals surface area contributed by atoms with Crippen LogP contribution in [0.1, 0.15) is 36.7 Å². The van der Waals surface area contributed by atoms with Crippen molar-refractivity contribution in [3.63, 3.8) is 0 Å². The van der Waals surface area contributed by atoms with Crippen LogP contribution in [0, 0.1) is 5.92 Å². The quantitative estimate of drug-likeness (QED) is 0.326. The molecule has 1 saturated carbocycles. The summed E-state index contributed by atoms with van der Waals surface area (Å²) in [6, 6.07) is 1.36. The summed E-state index contributed by atoms with van der Waals surface area (Å²) < 4.78 is 10.3. The molecular formula is C19H23N6O5SSi. The van der Waals surface area contributed by atoms with Crippen molar-refractivity contribution in [1.29, 1.82) is 0 Å². The van der Waals surface area contributed by atoms with E-state index in [1.165, 1.54) is 19.4 Å². The number of nitrogens with two attached hydrogens (primary N) is 1. The Morgan fingerprint density at radius 2 is 2.28 bits per heavy atom. The molecule has 3 rings (SSSR count). The first-order chi connectivity index (χ1) is 15.3. The van der Waals surface area contributed by atoms with E-state index in [4.69, 9.17) is 14.9 Å². The third-order valence-electron chi connectivity index (χ3n) is 4.85. The molecule has 11 nitrogen and oxygen atoms in total. The second-order valence-electron chi connectivity index (χ2n) is 7.09. The maximum atomic E-state index is 12.7. The number of nitrogens with zero attached hydrogens (tertiary/aromatic N) is 3. The van der Waals surface area contributed by atoms with Crippen LogP contribution in [0.15, 0.2) is 32.5 Å². The van der Waals surface area contributed by atoms with Crippen molar-refractivity contribution >= 4 is 49.1 Å². The number of rotatable bonds is 8. The number of carbonyl (C=O) groups is 1. The van der Waals surface area contributed by atoms with Crippen molar-refractivity contribution < 1.29 is 19.1 Å². The van der Waals surface area contributed by atoms with Crippen LogP contribution >= 0.6 is 11.3 Å². The zero-order chi connectivity index (χ0) is 23.3. The Morgan fingerprint density at radius 1 is 1.50 bits per heavy atom. The highest BCUT2D eigenvalue weighted by Gasteiger charge is 2.31. The second kappa shape index (κ2) is 10.5. The SMILES string of the molecule is COc1c(NC([Si])[C@H]2CCC[C@H]2O)cc(C(=O)Nc2nnc(N=C(C)C=CN)s2)oc1=O. The minimum atomic E-state index is -0.819. The molecule has 13 heteroatoms. The van der Waals surface area contributed by atoms with Gasteiger partial charge in [0.15, 0.2) is 5.76 Å². The molecule has 0 bridgehead atoms. The fraction of sp³-hybridized carbons (Fsp3) is 0.421. The summed E-state index contributed by atoms with van der Waals surface area (Å²) in [7, 11) is 4.91. The van der Waals surface area contributed by atoms with E-state index in [2.05, 4.69) is 36.1 Å². The van der Waals surface area contributed by atoms with Crippen LogP contribution in [0.2, 0.25) is 0 Å². The van der Waals surface area contributed by atoms with Crippen molar-refractivity contribution in [3.8, 4) is 5.75 Å². The van der Waals surface area contributed by atoms with Gasteiger partial charge in [-0.05, 0) is 32.0 Å². The molecule has 1 unspecified atom stereocenters. The molecule has 3 radical (unpaired) electrons. The fourth-order valence-corrected chi connectivity index (χ4v) is 4.54. The molecule has 0 spiro atoms. The lowest BCUT2D eigenvalue weighted by atomic mass is 10.1. The van der Waals surface area contributed by atoms with Gasteiger partial charge in [0.1, 0.15) is 0 Å². The van der Waals surface area contributed by atoms with Crippen molar-refractivity contribution in [2.24, 2.45) is 16.6 Å². The van der Waals surface area contributed by atoms with Gasteiger partial charge in [-0.25, -0.2) is 9.79 Å². The van der Waals surface area contributed by atoms with Gasteiger partial charge in [0, 0.05) is 23.4 Å². The van der Waals surface area contributed by atoms with Crippen LogP contribution in [0.3, 0.4) is 0 Å². The number of aliphatic hydroxyl groups excluding tert-OH is 1. The molecule has 5 N–H and O–H groups in total. The Hall–Kier alpha value is -3.03. The van der Waals surface area contributed by atoms with Crippen LogP contribution < -0.4 is 26.7 Å². The maximum absolute atomic E-state index is 12.7. The number of aliphatic imine (C=N–C) groups is 1. The van der Waals surface area contributed by atoms with Crippen molar-refractivity contribution in [2.75, 3.05) is 17.7 Å². The lowest BCUT2D eigenvalue weighted by Crippen LogP contribution is -2.34. The molecule has 169 valence electrons. The first kappa shape index (κ1) is 23.6. The Balaban J connectivity index is 1.79. The smallest absolute Gasteiger partial charge is 0.381 e. The predicted molar refractivity (Wildman–Crippen MR) is 122 cm³/mol. The van der Waals surface area contributed by atoms with E-state index in [0.29, 0.717) is 17.3 Å². The van der Waals surface area contributed by atoms with Crippen LogP contribution in [0.5, 0.6) is 5.75 Å². The first-order valence-electron chi connectivity index (χ1n) is 9.78. The van der Waals surface area contributed by atoms with E-state index in [1.807, 2.05) is 0 Å². The Bertz CT molecular complexity index is 1080. The number of hydrogen-bond acceptors (Lipinski definition) is 11. The highest BCUT2D eigenvalue weighted by Crippen LogP contribution is 2.31. The predicted octanol–water partition coefficient (Wildman–Crippen LogP) is 1.38. The van der Waals surface area contributed by atoms with Gasteiger partial charge < -0.3 is 25.3 Å². The largest absolute Gasteiger partial charge is 0.488 e. The van der Waals surface area contributed by atoms with E-state index in [1.54, 1.807) is 13.0 Å². The second-order valence-corrected chi connectivity index (χ2v) is 8.66. The lowest BCUT2D eigenvalue weighted by molar-refractivity contribution is 0.0991. The normalized spacial score (nSPS) is 19.8.